The number of hydrogen-bond acceptors (Lipinski definition) is 6. The topological polar surface area (TPSA) is 87.2 Å². The molecule has 0 atom stereocenters. The van der Waals surface area contributed by atoms with Gasteiger partial charge in [0.1, 0.15) is 0 Å². The normalized spacial score (nSPS) is 15.3. The van der Waals surface area contributed by atoms with Gasteiger partial charge in [-0.1, -0.05) is 0 Å². The van der Waals surface area contributed by atoms with E-state index >= 15 is 0 Å². The average molecular weight is 274 g/mol. The summed E-state index contributed by atoms with van der Waals surface area (Å²) in [6.07, 6.45) is 0. The van der Waals surface area contributed by atoms with Crippen molar-refractivity contribution in [1.29, 1.82) is 0 Å². The van der Waals surface area contributed by atoms with Gasteiger partial charge < -0.3 is 14.7 Å². The molecule has 1 rings (SSSR count). The maximum Gasteiger partial charge on any atom is 0.310 e. The SMILES string of the molecule is CC(=O)N1CCN(CCO)CC1.CC(=O)OC(C)=O. The third kappa shape index (κ3) is 9.15. The lowest BCUT2D eigenvalue weighted by Gasteiger charge is -2.33. The van der Waals surface area contributed by atoms with Crippen LogP contribution in [0.3, 0.4) is 0 Å². The Hall–Kier alpha value is -1.47. The van der Waals surface area contributed by atoms with E-state index in [1.54, 1.807) is 6.92 Å². The summed E-state index contributed by atoms with van der Waals surface area (Å²) in [7, 11) is 0. The zero-order chi connectivity index (χ0) is 14.8. The van der Waals surface area contributed by atoms with Crippen LogP contribution in [0.25, 0.3) is 0 Å². The van der Waals surface area contributed by atoms with Gasteiger partial charge >= 0.3 is 11.9 Å². The van der Waals surface area contributed by atoms with Gasteiger partial charge in [0, 0.05) is 53.5 Å². The molecule has 1 aliphatic rings. The van der Waals surface area contributed by atoms with Gasteiger partial charge in [-0.25, -0.2) is 0 Å². The summed E-state index contributed by atoms with van der Waals surface area (Å²) in [6, 6.07) is 0. The number of nitrogens with zero attached hydrogens (tertiary/aromatic N) is 2. The van der Waals surface area contributed by atoms with Crippen molar-refractivity contribution in [3.8, 4) is 0 Å². The summed E-state index contributed by atoms with van der Waals surface area (Å²) >= 11 is 0. The van der Waals surface area contributed by atoms with E-state index < -0.39 is 11.9 Å². The standard InChI is InChI=1S/C8H16N2O2.C4H6O3/c1-8(12)10-4-2-9(3-5-10)6-7-11;1-3(5)7-4(2)6/h11H,2-7H2,1H3;1-2H3. The Bertz CT molecular complexity index is 299. The Morgan fingerprint density at radius 3 is 1.74 bits per heavy atom. The number of esters is 2. The second-order valence-corrected chi connectivity index (χ2v) is 4.16. The van der Waals surface area contributed by atoms with E-state index in [0.29, 0.717) is 0 Å². The lowest BCUT2D eigenvalue weighted by molar-refractivity contribution is -0.156. The van der Waals surface area contributed by atoms with E-state index in [1.165, 1.54) is 13.8 Å². The van der Waals surface area contributed by atoms with Crippen molar-refractivity contribution in [2.24, 2.45) is 0 Å². The predicted octanol–water partition coefficient (Wildman–Crippen LogP) is -0.761. The molecular weight excluding hydrogens is 252 g/mol. The van der Waals surface area contributed by atoms with Crippen molar-refractivity contribution in [3.63, 3.8) is 0 Å². The molecule has 7 nitrogen and oxygen atoms in total. The van der Waals surface area contributed by atoms with Gasteiger partial charge in [0.25, 0.3) is 0 Å². The van der Waals surface area contributed by atoms with Gasteiger partial charge in [0.2, 0.25) is 5.91 Å². The first kappa shape index (κ1) is 17.5. The molecule has 0 unspecified atom stereocenters. The van der Waals surface area contributed by atoms with Gasteiger partial charge in [0.05, 0.1) is 6.61 Å². The third-order valence-corrected chi connectivity index (χ3v) is 2.52. The third-order valence-electron chi connectivity index (χ3n) is 2.52. The molecule has 0 spiro atoms. The van der Waals surface area contributed by atoms with E-state index in [0.717, 1.165) is 32.7 Å². The Morgan fingerprint density at radius 2 is 1.47 bits per heavy atom. The summed E-state index contributed by atoms with van der Waals surface area (Å²) < 4.78 is 3.97. The van der Waals surface area contributed by atoms with Crippen molar-refractivity contribution in [3.05, 3.63) is 0 Å². The Labute approximate surface area is 113 Å². The minimum Gasteiger partial charge on any atom is -0.395 e. The second kappa shape index (κ2) is 9.46. The number of aliphatic hydroxyl groups excluding tert-OH is 1. The van der Waals surface area contributed by atoms with E-state index in [-0.39, 0.29) is 12.5 Å². The lowest BCUT2D eigenvalue weighted by Crippen LogP contribution is -2.48. The molecule has 1 saturated heterocycles. The van der Waals surface area contributed by atoms with E-state index in [4.69, 9.17) is 5.11 Å². The van der Waals surface area contributed by atoms with Crippen LogP contribution in [0.2, 0.25) is 0 Å². The fourth-order valence-electron chi connectivity index (χ4n) is 1.63. The van der Waals surface area contributed by atoms with E-state index in [9.17, 15) is 14.4 Å². The molecule has 1 N–H and O–H groups in total. The summed E-state index contributed by atoms with van der Waals surface area (Å²) in [5.74, 6) is -0.973. The summed E-state index contributed by atoms with van der Waals surface area (Å²) in [6.45, 7) is 8.28. The zero-order valence-electron chi connectivity index (χ0n) is 11.7. The zero-order valence-corrected chi connectivity index (χ0v) is 11.7. The molecule has 0 saturated carbocycles. The van der Waals surface area contributed by atoms with Crippen LogP contribution in [0, 0.1) is 0 Å². The Morgan fingerprint density at radius 1 is 1.00 bits per heavy atom. The molecule has 1 heterocycles. The highest BCUT2D eigenvalue weighted by molar-refractivity contribution is 5.82. The maximum absolute atomic E-state index is 10.9. The van der Waals surface area contributed by atoms with Crippen molar-refractivity contribution in [2.45, 2.75) is 20.8 Å². The molecule has 0 radical (unpaired) electrons. The molecule has 1 aliphatic heterocycles. The van der Waals surface area contributed by atoms with Crippen LogP contribution in [0.5, 0.6) is 0 Å². The minimum absolute atomic E-state index is 0.152. The Balaban J connectivity index is 0.000000399. The van der Waals surface area contributed by atoms with E-state index in [2.05, 4.69) is 9.64 Å². The molecule has 19 heavy (non-hydrogen) atoms. The number of amides is 1. The number of rotatable bonds is 2. The van der Waals surface area contributed by atoms with Crippen molar-refractivity contribution in [1.82, 2.24) is 9.80 Å². The fraction of sp³-hybridized carbons (Fsp3) is 0.750. The summed E-state index contributed by atoms with van der Waals surface area (Å²) in [5, 5.41) is 8.67. The van der Waals surface area contributed by atoms with Gasteiger partial charge in [-0.15, -0.1) is 0 Å². The molecule has 0 aromatic carbocycles. The van der Waals surface area contributed by atoms with Gasteiger partial charge in [0.15, 0.2) is 0 Å². The number of carbonyl (C=O) groups excluding carboxylic acids is 3. The molecule has 7 heteroatoms. The highest BCUT2D eigenvalue weighted by Crippen LogP contribution is 2.00. The van der Waals surface area contributed by atoms with Crippen LogP contribution in [-0.4, -0.2) is 72.1 Å². The van der Waals surface area contributed by atoms with Crippen LogP contribution >= 0.6 is 0 Å². The maximum atomic E-state index is 10.9. The number of aliphatic hydroxyl groups is 1. The molecule has 110 valence electrons. The van der Waals surface area contributed by atoms with Crippen LogP contribution in [0.4, 0.5) is 0 Å². The number of hydrogen-bond donors (Lipinski definition) is 1. The Kier molecular flexibility index (Phi) is 8.73. The molecular formula is C12H22N2O5. The number of β-amino-alcohol motifs (C(OH)–C–C–N with tert-alkyl or cyclic N) is 1. The van der Waals surface area contributed by atoms with Crippen molar-refractivity contribution >= 4 is 17.8 Å². The van der Waals surface area contributed by atoms with Crippen LogP contribution < -0.4 is 0 Å². The largest absolute Gasteiger partial charge is 0.395 e. The highest BCUT2D eigenvalue weighted by atomic mass is 16.6. The number of piperazine rings is 1. The van der Waals surface area contributed by atoms with Crippen LogP contribution in [-0.2, 0) is 19.1 Å². The van der Waals surface area contributed by atoms with Gasteiger partial charge in [-0.05, 0) is 0 Å². The quantitative estimate of drug-likeness (QED) is 0.526. The van der Waals surface area contributed by atoms with Crippen LogP contribution in [0.15, 0.2) is 0 Å². The molecule has 0 aliphatic carbocycles. The first-order chi connectivity index (χ1) is 8.86. The number of carbonyl (C=O) groups is 3. The average Bonchev–Trinajstić information content (AvgIpc) is 2.29. The first-order valence-electron chi connectivity index (χ1n) is 6.14. The lowest BCUT2D eigenvalue weighted by atomic mass is 10.3. The fourth-order valence-corrected chi connectivity index (χ4v) is 1.63. The first-order valence-corrected chi connectivity index (χ1v) is 6.14. The monoisotopic (exact) mass is 274 g/mol. The smallest absolute Gasteiger partial charge is 0.310 e. The second-order valence-electron chi connectivity index (χ2n) is 4.16. The molecule has 0 bridgehead atoms. The summed E-state index contributed by atoms with van der Waals surface area (Å²) in [5.41, 5.74) is 0. The van der Waals surface area contributed by atoms with Gasteiger partial charge in [-0.3, -0.25) is 19.3 Å². The van der Waals surface area contributed by atoms with Crippen molar-refractivity contribution in [2.75, 3.05) is 39.3 Å². The van der Waals surface area contributed by atoms with Crippen molar-refractivity contribution < 1.29 is 24.2 Å². The van der Waals surface area contributed by atoms with Crippen LogP contribution in [0.1, 0.15) is 20.8 Å². The van der Waals surface area contributed by atoms with E-state index in [1.807, 2.05) is 4.90 Å². The molecule has 0 aromatic rings. The minimum atomic E-state index is -0.562. The highest BCUT2D eigenvalue weighted by Gasteiger charge is 2.17. The molecule has 1 fully saturated rings. The van der Waals surface area contributed by atoms with Gasteiger partial charge in [-0.2, -0.15) is 0 Å². The molecule has 1 amide bonds. The predicted molar refractivity (Wildman–Crippen MR) is 68.2 cm³/mol. The molecule has 0 aromatic heterocycles. The number of ether oxygens (including phenoxy) is 1. The summed E-state index contributed by atoms with van der Waals surface area (Å²) in [4.78, 5) is 34.6.